The highest BCUT2D eigenvalue weighted by molar-refractivity contribution is 7.88. The molecular weight excluding hydrogens is 421 g/mol. The number of para-hydroxylation sites is 1. The highest BCUT2D eigenvalue weighted by Gasteiger charge is 2.39. The van der Waals surface area contributed by atoms with Gasteiger partial charge in [-0.05, 0) is 17.7 Å². The van der Waals surface area contributed by atoms with E-state index in [1.165, 1.54) is 21.3 Å². The molecular formula is C22H24FN3O4S. The molecule has 2 fully saturated rings. The van der Waals surface area contributed by atoms with Gasteiger partial charge in [0.1, 0.15) is 5.82 Å². The number of anilines is 1. The number of rotatable bonds is 5. The van der Waals surface area contributed by atoms with Crippen molar-refractivity contribution < 1.29 is 22.4 Å². The molecule has 0 spiro atoms. The highest BCUT2D eigenvalue weighted by atomic mass is 32.2. The summed E-state index contributed by atoms with van der Waals surface area (Å²) < 4.78 is 40.9. The number of halogens is 1. The van der Waals surface area contributed by atoms with E-state index in [1.807, 2.05) is 6.07 Å². The van der Waals surface area contributed by atoms with Crippen LogP contribution in [0.15, 0.2) is 54.6 Å². The third-order valence-electron chi connectivity index (χ3n) is 5.75. The van der Waals surface area contributed by atoms with Crippen molar-refractivity contribution in [2.75, 3.05) is 37.6 Å². The van der Waals surface area contributed by atoms with E-state index in [0.29, 0.717) is 0 Å². The maximum Gasteiger partial charge on any atom is 0.228 e. The number of piperazine rings is 1. The molecule has 31 heavy (non-hydrogen) atoms. The third kappa shape index (κ3) is 4.62. The van der Waals surface area contributed by atoms with E-state index in [2.05, 4.69) is 0 Å². The van der Waals surface area contributed by atoms with Crippen LogP contribution in [0.1, 0.15) is 12.0 Å². The standard InChI is InChI=1S/C22H24FN3O4S/c23-19-8-4-5-9-20(19)26-15-18(14-21(26)27)22(28)24-10-12-25(13-11-24)31(29,30)16-17-6-2-1-3-7-17/h1-9,18H,10-16H2/t18-/m0/s1. The van der Waals surface area contributed by atoms with Crippen molar-refractivity contribution in [1.29, 1.82) is 0 Å². The number of sulfonamides is 1. The van der Waals surface area contributed by atoms with Crippen LogP contribution in [0.25, 0.3) is 0 Å². The number of hydrogen-bond acceptors (Lipinski definition) is 4. The summed E-state index contributed by atoms with van der Waals surface area (Å²) in [6.07, 6.45) is 0.0275. The summed E-state index contributed by atoms with van der Waals surface area (Å²) in [7, 11) is -3.47. The Balaban J connectivity index is 1.35. The molecule has 2 heterocycles. The van der Waals surface area contributed by atoms with Crippen molar-refractivity contribution in [1.82, 2.24) is 9.21 Å². The van der Waals surface area contributed by atoms with E-state index < -0.39 is 21.8 Å². The van der Waals surface area contributed by atoms with E-state index >= 15 is 0 Å². The first kappa shape index (κ1) is 21.5. The number of carbonyl (C=O) groups excluding carboxylic acids is 2. The summed E-state index contributed by atoms with van der Waals surface area (Å²) in [6.45, 7) is 1.12. The van der Waals surface area contributed by atoms with Crippen LogP contribution >= 0.6 is 0 Å². The maximum absolute atomic E-state index is 14.1. The zero-order chi connectivity index (χ0) is 22.0. The summed E-state index contributed by atoms with van der Waals surface area (Å²) in [5.74, 6) is -1.60. The fraction of sp³-hybridized carbons (Fsp3) is 0.364. The fourth-order valence-corrected chi connectivity index (χ4v) is 5.61. The maximum atomic E-state index is 14.1. The van der Waals surface area contributed by atoms with Crippen molar-refractivity contribution in [2.24, 2.45) is 5.92 Å². The molecule has 0 bridgehead atoms. The Labute approximate surface area is 181 Å². The number of amides is 2. The Morgan fingerprint density at radius 1 is 0.968 bits per heavy atom. The Hall–Kier alpha value is -2.78. The molecule has 0 saturated carbocycles. The number of nitrogens with zero attached hydrogens (tertiary/aromatic N) is 3. The highest BCUT2D eigenvalue weighted by Crippen LogP contribution is 2.28. The molecule has 2 aromatic rings. The monoisotopic (exact) mass is 445 g/mol. The molecule has 4 rings (SSSR count). The van der Waals surface area contributed by atoms with Crippen LogP contribution in [0.4, 0.5) is 10.1 Å². The lowest BCUT2D eigenvalue weighted by molar-refractivity contribution is -0.136. The lowest BCUT2D eigenvalue weighted by Gasteiger charge is -2.35. The summed E-state index contributed by atoms with van der Waals surface area (Å²) in [5.41, 5.74) is 0.901. The Bertz CT molecular complexity index is 1070. The molecule has 164 valence electrons. The molecule has 2 saturated heterocycles. The van der Waals surface area contributed by atoms with E-state index in [1.54, 1.807) is 41.3 Å². The summed E-state index contributed by atoms with van der Waals surface area (Å²) in [6, 6.07) is 15.0. The molecule has 0 unspecified atom stereocenters. The molecule has 2 amide bonds. The van der Waals surface area contributed by atoms with Gasteiger partial charge in [-0.15, -0.1) is 0 Å². The molecule has 0 aromatic heterocycles. The van der Waals surface area contributed by atoms with Gasteiger partial charge in [-0.2, -0.15) is 4.31 Å². The lowest BCUT2D eigenvalue weighted by atomic mass is 10.1. The first-order valence-electron chi connectivity index (χ1n) is 10.2. The molecule has 2 aliphatic heterocycles. The zero-order valence-corrected chi connectivity index (χ0v) is 17.8. The zero-order valence-electron chi connectivity index (χ0n) is 17.0. The van der Waals surface area contributed by atoms with E-state index in [-0.39, 0.29) is 62.4 Å². The van der Waals surface area contributed by atoms with E-state index in [4.69, 9.17) is 0 Å². The Morgan fingerprint density at radius 2 is 1.61 bits per heavy atom. The summed E-state index contributed by atoms with van der Waals surface area (Å²) in [5, 5.41) is 0. The average Bonchev–Trinajstić information content (AvgIpc) is 3.15. The van der Waals surface area contributed by atoms with Gasteiger partial charge in [0, 0.05) is 39.1 Å². The minimum atomic E-state index is -3.47. The summed E-state index contributed by atoms with van der Waals surface area (Å²) in [4.78, 5) is 28.2. The van der Waals surface area contributed by atoms with Crippen LogP contribution in [-0.4, -0.2) is 62.2 Å². The van der Waals surface area contributed by atoms with Gasteiger partial charge in [0.2, 0.25) is 21.8 Å². The topological polar surface area (TPSA) is 78.0 Å². The van der Waals surface area contributed by atoms with Gasteiger partial charge in [0.05, 0.1) is 17.4 Å². The number of hydrogen-bond donors (Lipinski definition) is 0. The first-order valence-corrected chi connectivity index (χ1v) is 11.8. The Kier molecular flexibility index (Phi) is 6.06. The SMILES string of the molecule is O=C([C@H]1CC(=O)N(c2ccccc2F)C1)N1CCN(S(=O)(=O)Cc2ccccc2)CC1. The summed E-state index contributed by atoms with van der Waals surface area (Å²) >= 11 is 0. The predicted octanol–water partition coefficient (Wildman–Crippen LogP) is 1.85. The molecule has 9 heteroatoms. The van der Waals surface area contributed by atoms with Gasteiger partial charge in [0.15, 0.2) is 0 Å². The van der Waals surface area contributed by atoms with Crippen LogP contribution in [0.2, 0.25) is 0 Å². The quantitative estimate of drug-likeness (QED) is 0.704. The lowest BCUT2D eigenvalue weighted by Crippen LogP contribution is -2.52. The second-order valence-electron chi connectivity index (χ2n) is 7.82. The van der Waals surface area contributed by atoms with Crippen molar-refractivity contribution in [2.45, 2.75) is 12.2 Å². The van der Waals surface area contributed by atoms with Gasteiger partial charge in [-0.25, -0.2) is 12.8 Å². The predicted molar refractivity (Wildman–Crippen MR) is 114 cm³/mol. The Morgan fingerprint density at radius 3 is 2.29 bits per heavy atom. The first-order chi connectivity index (χ1) is 14.8. The molecule has 2 aliphatic rings. The second kappa shape index (κ2) is 8.76. The van der Waals surface area contributed by atoms with Crippen molar-refractivity contribution in [3.05, 3.63) is 66.0 Å². The van der Waals surface area contributed by atoms with Crippen molar-refractivity contribution in [3.63, 3.8) is 0 Å². The van der Waals surface area contributed by atoms with Crippen LogP contribution in [0.5, 0.6) is 0 Å². The largest absolute Gasteiger partial charge is 0.340 e. The average molecular weight is 446 g/mol. The van der Waals surface area contributed by atoms with E-state index in [0.717, 1.165) is 5.56 Å². The van der Waals surface area contributed by atoms with Gasteiger partial charge in [0.25, 0.3) is 0 Å². The van der Waals surface area contributed by atoms with Crippen LogP contribution in [0, 0.1) is 11.7 Å². The van der Waals surface area contributed by atoms with E-state index in [9.17, 15) is 22.4 Å². The van der Waals surface area contributed by atoms with Gasteiger partial charge in [-0.1, -0.05) is 42.5 Å². The molecule has 0 N–H and O–H groups in total. The van der Waals surface area contributed by atoms with Crippen LogP contribution in [0.3, 0.4) is 0 Å². The van der Waals surface area contributed by atoms with Crippen LogP contribution < -0.4 is 4.90 Å². The number of carbonyl (C=O) groups is 2. The smallest absolute Gasteiger partial charge is 0.228 e. The van der Waals surface area contributed by atoms with Gasteiger partial charge >= 0.3 is 0 Å². The fourth-order valence-electron chi connectivity index (χ4n) is 4.10. The van der Waals surface area contributed by atoms with Crippen molar-refractivity contribution >= 4 is 27.5 Å². The molecule has 0 aliphatic carbocycles. The minimum absolute atomic E-state index is 0.0275. The minimum Gasteiger partial charge on any atom is -0.340 e. The second-order valence-corrected chi connectivity index (χ2v) is 9.79. The molecule has 1 atom stereocenters. The van der Waals surface area contributed by atoms with Crippen molar-refractivity contribution in [3.8, 4) is 0 Å². The third-order valence-corrected chi connectivity index (χ3v) is 7.60. The molecule has 2 aromatic carbocycles. The molecule has 0 radical (unpaired) electrons. The number of benzene rings is 2. The van der Waals surface area contributed by atoms with Crippen LogP contribution in [-0.2, 0) is 25.4 Å². The normalized spacial score (nSPS) is 20.3. The van der Waals surface area contributed by atoms with Gasteiger partial charge < -0.3 is 9.80 Å². The molecule has 7 nitrogen and oxygen atoms in total. The van der Waals surface area contributed by atoms with Gasteiger partial charge in [-0.3, -0.25) is 9.59 Å².